The molecule has 1 aromatic rings. The maximum absolute atomic E-state index is 11.3. The normalized spacial score (nSPS) is 9.73. The molecule has 0 saturated heterocycles. The lowest BCUT2D eigenvalue weighted by Crippen LogP contribution is -2.16. The minimum atomic E-state index is -0.587. The van der Waals surface area contributed by atoms with Crippen LogP contribution in [0.1, 0.15) is 17.3 Å². The summed E-state index contributed by atoms with van der Waals surface area (Å²) in [5, 5.41) is 3.80. The number of hydrogen-bond donors (Lipinski definition) is 0. The summed E-state index contributed by atoms with van der Waals surface area (Å²) >= 11 is 0. The number of aryl methyl sites for hydroxylation is 1. The molecule has 0 aromatic carbocycles. The topological polar surface area (TPSA) is 70.4 Å². The Morgan fingerprint density at radius 3 is 2.73 bits per heavy atom. The van der Waals surface area contributed by atoms with Crippen molar-refractivity contribution >= 4 is 11.9 Å². The van der Waals surface area contributed by atoms with E-state index in [2.05, 4.69) is 14.6 Å². The zero-order valence-corrected chi connectivity index (χ0v) is 8.60. The summed E-state index contributed by atoms with van der Waals surface area (Å²) in [5.41, 5.74) is 0.307. The summed E-state index contributed by atoms with van der Waals surface area (Å²) < 4.78 is 10.8. The van der Waals surface area contributed by atoms with Crippen molar-refractivity contribution in [1.29, 1.82) is 0 Å². The van der Waals surface area contributed by atoms with Gasteiger partial charge in [-0.25, -0.2) is 9.59 Å². The Morgan fingerprint density at radius 2 is 2.20 bits per heavy atom. The van der Waals surface area contributed by atoms with Gasteiger partial charge in [-0.3, -0.25) is 4.68 Å². The van der Waals surface area contributed by atoms with Crippen LogP contribution in [0.25, 0.3) is 0 Å². The van der Waals surface area contributed by atoms with Crippen molar-refractivity contribution in [3.63, 3.8) is 0 Å². The van der Waals surface area contributed by atoms with Crippen molar-refractivity contribution in [2.24, 2.45) is 7.05 Å². The standard InChI is InChI=1S/C9H12N2O4/c1-3-14-8(12)6-15-9(13)7-4-10-11(2)5-7/h4-5H,3,6H2,1-2H3. The summed E-state index contributed by atoms with van der Waals surface area (Å²) in [7, 11) is 1.68. The van der Waals surface area contributed by atoms with Crippen LogP contribution in [0.2, 0.25) is 0 Å². The smallest absolute Gasteiger partial charge is 0.344 e. The average Bonchev–Trinajstić information content (AvgIpc) is 2.62. The molecule has 0 N–H and O–H groups in total. The van der Waals surface area contributed by atoms with E-state index in [1.165, 1.54) is 17.1 Å². The average molecular weight is 212 g/mol. The molecule has 0 amide bonds. The van der Waals surface area contributed by atoms with Crippen LogP contribution < -0.4 is 0 Å². The second kappa shape index (κ2) is 5.14. The number of ether oxygens (including phenoxy) is 2. The van der Waals surface area contributed by atoms with Crippen LogP contribution in [0.5, 0.6) is 0 Å². The van der Waals surface area contributed by atoms with Crippen molar-refractivity contribution in [2.75, 3.05) is 13.2 Å². The SMILES string of the molecule is CCOC(=O)COC(=O)c1cnn(C)c1. The van der Waals surface area contributed by atoms with Crippen molar-refractivity contribution in [1.82, 2.24) is 9.78 Å². The van der Waals surface area contributed by atoms with Crippen molar-refractivity contribution in [3.05, 3.63) is 18.0 Å². The van der Waals surface area contributed by atoms with E-state index >= 15 is 0 Å². The monoisotopic (exact) mass is 212 g/mol. The van der Waals surface area contributed by atoms with Gasteiger partial charge < -0.3 is 9.47 Å². The van der Waals surface area contributed by atoms with Crippen molar-refractivity contribution in [2.45, 2.75) is 6.92 Å². The van der Waals surface area contributed by atoms with Gasteiger partial charge in [-0.15, -0.1) is 0 Å². The Kier molecular flexibility index (Phi) is 3.84. The molecule has 1 rings (SSSR count). The molecule has 0 radical (unpaired) electrons. The minimum absolute atomic E-state index is 0.267. The van der Waals surface area contributed by atoms with Crippen LogP contribution >= 0.6 is 0 Å². The van der Waals surface area contributed by atoms with Gasteiger partial charge in [0.25, 0.3) is 0 Å². The van der Waals surface area contributed by atoms with Gasteiger partial charge in [0, 0.05) is 13.2 Å². The molecule has 0 fully saturated rings. The molecule has 1 aromatic heterocycles. The molecular weight excluding hydrogens is 200 g/mol. The fourth-order valence-electron chi connectivity index (χ4n) is 0.937. The number of rotatable bonds is 4. The first kappa shape index (κ1) is 11.2. The van der Waals surface area contributed by atoms with E-state index in [4.69, 9.17) is 0 Å². The lowest BCUT2D eigenvalue weighted by Gasteiger charge is -2.02. The van der Waals surface area contributed by atoms with Gasteiger partial charge in [0.05, 0.1) is 18.4 Å². The van der Waals surface area contributed by atoms with Gasteiger partial charge in [-0.2, -0.15) is 5.10 Å². The Bertz CT molecular complexity index is 359. The molecule has 0 spiro atoms. The van der Waals surface area contributed by atoms with Gasteiger partial charge in [-0.05, 0) is 6.92 Å². The number of esters is 2. The third-order valence-corrected chi connectivity index (χ3v) is 1.57. The van der Waals surface area contributed by atoms with Crippen LogP contribution in [0.3, 0.4) is 0 Å². The van der Waals surface area contributed by atoms with Crippen molar-refractivity contribution < 1.29 is 19.1 Å². The molecule has 0 bridgehead atoms. The molecule has 0 atom stereocenters. The maximum atomic E-state index is 11.3. The molecule has 0 aliphatic rings. The van der Waals surface area contributed by atoms with E-state index in [1.54, 1.807) is 14.0 Å². The first-order valence-corrected chi connectivity index (χ1v) is 4.45. The van der Waals surface area contributed by atoms with Crippen LogP contribution in [-0.4, -0.2) is 34.9 Å². The molecule has 0 saturated carbocycles. The Balaban J connectivity index is 2.40. The fraction of sp³-hybridized carbons (Fsp3) is 0.444. The van der Waals surface area contributed by atoms with Gasteiger partial charge in [0.2, 0.25) is 0 Å². The third kappa shape index (κ3) is 3.41. The number of hydrogen-bond acceptors (Lipinski definition) is 5. The Hall–Kier alpha value is -1.85. The zero-order valence-electron chi connectivity index (χ0n) is 8.60. The lowest BCUT2D eigenvalue weighted by atomic mass is 10.4. The van der Waals surface area contributed by atoms with Gasteiger partial charge in [0.1, 0.15) is 0 Å². The summed E-state index contributed by atoms with van der Waals surface area (Å²) in [5.74, 6) is -1.15. The number of aromatic nitrogens is 2. The second-order valence-corrected chi connectivity index (χ2v) is 2.78. The highest BCUT2D eigenvalue weighted by atomic mass is 16.6. The van der Waals surface area contributed by atoms with Crippen molar-refractivity contribution in [3.8, 4) is 0 Å². The predicted octanol–water partition coefficient (Wildman–Crippen LogP) is 0.140. The number of carbonyl (C=O) groups is 2. The first-order valence-electron chi connectivity index (χ1n) is 4.45. The third-order valence-electron chi connectivity index (χ3n) is 1.57. The van der Waals surface area contributed by atoms with E-state index in [1.807, 2.05) is 0 Å². The fourth-order valence-corrected chi connectivity index (χ4v) is 0.937. The van der Waals surface area contributed by atoms with E-state index in [9.17, 15) is 9.59 Å². The van der Waals surface area contributed by atoms with Crippen LogP contribution in [-0.2, 0) is 21.3 Å². The molecule has 6 heteroatoms. The molecular formula is C9H12N2O4. The molecule has 6 nitrogen and oxygen atoms in total. The van der Waals surface area contributed by atoms with E-state index in [0.717, 1.165) is 0 Å². The highest BCUT2D eigenvalue weighted by Gasteiger charge is 2.11. The van der Waals surface area contributed by atoms with Crippen LogP contribution in [0, 0.1) is 0 Å². The predicted molar refractivity (Wildman–Crippen MR) is 50.1 cm³/mol. The number of carbonyl (C=O) groups excluding carboxylic acids is 2. The first-order chi connectivity index (χ1) is 7.13. The molecule has 0 aliphatic heterocycles. The van der Waals surface area contributed by atoms with Crippen LogP contribution in [0.4, 0.5) is 0 Å². The maximum Gasteiger partial charge on any atom is 0.344 e. The molecule has 0 aliphatic carbocycles. The molecule has 0 unspecified atom stereocenters. The largest absolute Gasteiger partial charge is 0.463 e. The highest BCUT2D eigenvalue weighted by molar-refractivity contribution is 5.90. The Labute approximate surface area is 86.8 Å². The number of nitrogens with zero attached hydrogens (tertiary/aromatic N) is 2. The van der Waals surface area contributed by atoms with Crippen LogP contribution in [0.15, 0.2) is 12.4 Å². The van der Waals surface area contributed by atoms with E-state index < -0.39 is 11.9 Å². The Morgan fingerprint density at radius 1 is 1.47 bits per heavy atom. The quantitative estimate of drug-likeness (QED) is 0.664. The molecule has 15 heavy (non-hydrogen) atoms. The lowest BCUT2D eigenvalue weighted by molar-refractivity contribution is -0.146. The summed E-state index contributed by atoms with van der Waals surface area (Å²) in [4.78, 5) is 22.1. The van der Waals surface area contributed by atoms with Gasteiger partial charge in [-0.1, -0.05) is 0 Å². The van der Waals surface area contributed by atoms with E-state index in [0.29, 0.717) is 5.56 Å². The van der Waals surface area contributed by atoms with Gasteiger partial charge >= 0.3 is 11.9 Å². The summed E-state index contributed by atoms with van der Waals surface area (Å²) in [6, 6.07) is 0. The van der Waals surface area contributed by atoms with E-state index in [-0.39, 0.29) is 13.2 Å². The second-order valence-electron chi connectivity index (χ2n) is 2.78. The highest BCUT2D eigenvalue weighted by Crippen LogP contribution is 1.99. The van der Waals surface area contributed by atoms with Gasteiger partial charge in [0.15, 0.2) is 6.61 Å². The molecule has 1 heterocycles. The molecule has 82 valence electrons. The minimum Gasteiger partial charge on any atom is -0.463 e. The summed E-state index contributed by atoms with van der Waals surface area (Å²) in [6.07, 6.45) is 2.88. The summed E-state index contributed by atoms with van der Waals surface area (Å²) in [6.45, 7) is 1.58. The zero-order chi connectivity index (χ0) is 11.3.